The molecule has 0 saturated carbocycles. The Bertz CT molecular complexity index is 963. The summed E-state index contributed by atoms with van der Waals surface area (Å²) in [6.45, 7) is 0. The Morgan fingerprint density at radius 2 is 1.77 bits per heavy atom. The smallest absolute Gasteiger partial charge is 0.340 e. The number of anilines is 4. The van der Waals surface area contributed by atoms with Gasteiger partial charge in [-0.2, -0.15) is 23.4 Å². The number of nitrogens with one attached hydrogen (secondary N) is 2. The molecule has 0 aliphatic carbocycles. The average Bonchev–Trinajstić information content (AvgIpc) is 2.62. The molecule has 8 heteroatoms. The van der Waals surface area contributed by atoms with E-state index in [-0.39, 0.29) is 11.6 Å². The molecule has 0 atom stereocenters. The Kier molecular flexibility index (Phi) is 4.71. The minimum atomic E-state index is -4.49. The zero-order chi connectivity index (χ0) is 18.6. The lowest BCUT2D eigenvalue weighted by atomic mass is 10.1. The maximum atomic E-state index is 13.1. The Balaban J connectivity index is 1.84. The number of hydrogen-bond acceptors (Lipinski definition) is 5. The molecule has 0 radical (unpaired) electrons. The normalized spacial score (nSPS) is 10.8. The van der Waals surface area contributed by atoms with E-state index in [0.717, 1.165) is 6.07 Å². The van der Waals surface area contributed by atoms with E-state index < -0.39 is 11.7 Å². The fourth-order valence-corrected chi connectivity index (χ4v) is 2.26. The van der Waals surface area contributed by atoms with Gasteiger partial charge in [0.25, 0.3) is 0 Å². The van der Waals surface area contributed by atoms with Crippen molar-refractivity contribution in [3.63, 3.8) is 0 Å². The summed E-state index contributed by atoms with van der Waals surface area (Å²) in [5, 5.41) is 14.5. The molecule has 0 spiro atoms. The van der Waals surface area contributed by atoms with E-state index >= 15 is 0 Å². The largest absolute Gasteiger partial charge is 0.418 e. The van der Waals surface area contributed by atoms with Gasteiger partial charge in [0.15, 0.2) is 0 Å². The fraction of sp³-hybridized carbons (Fsp3) is 0.0556. The van der Waals surface area contributed by atoms with Crippen molar-refractivity contribution >= 4 is 23.1 Å². The standard InChI is InChI=1S/C18H12F3N5/c19-18(20,21)14-6-1-2-7-15(14)25-17-23-9-8-16(26-17)24-13-5-3-4-12(10-13)11-22/h1-10H,(H2,23,24,25,26). The molecule has 5 nitrogen and oxygen atoms in total. The van der Waals surface area contributed by atoms with Crippen molar-refractivity contribution in [2.45, 2.75) is 6.18 Å². The third-order valence-corrected chi connectivity index (χ3v) is 3.40. The molecule has 0 bridgehead atoms. The van der Waals surface area contributed by atoms with Crippen LogP contribution in [0.1, 0.15) is 11.1 Å². The summed E-state index contributed by atoms with van der Waals surface area (Å²) >= 11 is 0. The number of benzene rings is 2. The molecule has 0 unspecified atom stereocenters. The van der Waals surface area contributed by atoms with Crippen molar-refractivity contribution in [2.75, 3.05) is 10.6 Å². The first kappa shape index (κ1) is 17.2. The van der Waals surface area contributed by atoms with Crippen LogP contribution in [0.15, 0.2) is 60.8 Å². The van der Waals surface area contributed by atoms with E-state index in [4.69, 9.17) is 5.26 Å². The molecule has 0 fully saturated rings. The van der Waals surface area contributed by atoms with Gasteiger partial charge in [-0.3, -0.25) is 0 Å². The van der Waals surface area contributed by atoms with Gasteiger partial charge in [-0.05, 0) is 36.4 Å². The molecule has 3 rings (SSSR count). The van der Waals surface area contributed by atoms with Crippen LogP contribution in [-0.2, 0) is 6.18 Å². The van der Waals surface area contributed by atoms with E-state index in [1.54, 1.807) is 30.3 Å². The van der Waals surface area contributed by atoms with Gasteiger partial charge in [-0.15, -0.1) is 0 Å². The zero-order valence-corrected chi connectivity index (χ0v) is 13.2. The number of nitriles is 1. The molecule has 0 saturated heterocycles. The summed E-state index contributed by atoms with van der Waals surface area (Å²) in [5.41, 5.74) is 0.165. The van der Waals surface area contributed by atoms with Gasteiger partial charge < -0.3 is 10.6 Å². The van der Waals surface area contributed by atoms with Crippen molar-refractivity contribution in [1.82, 2.24) is 9.97 Å². The maximum absolute atomic E-state index is 13.1. The first-order chi connectivity index (χ1) is 12.5. The third kappa shape index (κ3) is 4.08. The molecule has 26 heavy (non-hydrogen) atoms. The molecule has 3 aromatic rings. The molecule has 0 aliphatic rings. The molecule has 1 aromatic heterocycles. The van der Waals surface area contributed by atoms with Crippen LogP contribution in [0.3, 0.4) is 0 Å². The molecule has 2 N–H and O–H groups in total. The number of nitrogens with zero attached hydrogens (tertiary/aromatic N) is 3. The SMILES string of the molecule is N#Cc1cccc(Nc2ccnc(Nc3ccccc3C(F)(F)F)n2)c1. The van der Waals surface area contributed by atoms with Crippen LogP contribution in [0.5, 0.6) is 0 Å². The first-order valence-corrected chi connectivity index (χ1v) is 7.49. The van der Waals surface area contributed by atoms with Crippen LogP contribution in [0, 0.1) is 11.3 Å². The Labute approximate surface area is 147 Å². The second kappa shape index (κ2) is 7.11. The summed E-state index contributed by atoms with van der Waals surface area (Å²) in [4.78, 5) is 8.11. The number of rotatable bonds is 4. The quantitative estimate of drug-likeness (QED) is 0.699. The summed E-state index contributed by atoms with van der Waals surface area (Å²) in [7, 11) is 0. The van der Waals surface area contributed by atoms with Crippen molar-refractivity contribution < 1.29 is 13.2 Å². The van der Waals surface area contributed by atoms with E-state index in [2.05, 4.69) is 20.6 Å². The van der Waals surface area contributed by atoms with Crippen LogP contribution in [0.25, 0.3) is 0 Å². The molecule has 2 aromatic carbocycles. The highest BCUT2D eigenvalue weighted by molar-refractivity contribution is 5.62. The molecular weight excluding hydrogens is 343 g/mol. The predicted molar refractivity (Wildman–Crippen MR) is 91.2 cm³/mol. The van der Waals surface area contributed by atoms with Crippen LogP contribution < -0.4 is 10.6 Å². The second-order valence-corrected chi connectivity index (χ2v) is 5.25. The summed E-state index contributed by atoms with van der Waals surface area (Å²) in [5.74, 6) is 0.394. The number of hydrogen-bond donors (Lipinski definition) is 2. The van der Waals surface area contributed by atoms with Gasteiger partial charge in [0, 0.05) is 11.9 Å². The van der Waals surface area contributed by atoms with Crippen LogP contribution in [0.4, 0.5) is 36.3 Å². The molecule has 130 valence electrons. The number of aromatic nitrogens is 2. The van der Waals surface area contributed by atoms with Crippen LogP contribution in [-0.4, -0.2) is 9.97 Å². The minimum Gasteiger partial charge on any atom is -0.340 e. The van der Waals surface area contributed by atoms with E-state index in [1.165, 1.54) is 24.4 Å². The van der Waals surface area contributed by atoms with Gasteiger partial charge in [0.05, 0.1) is 22.9 Å². The highest BCUT2D eigenvalue weighted by atomic mass is 19.4. The highest BCUT2D eigenvalue weighted by Gasteiger charge is 2.33. The predicted octanol–water partition coefficient (Wildman–Crippen LogP) is 4.85. The molecule has 1 heterocycles. The zero-order valence-electron chi connectivity index (χ0n) is 13.2. The minimum absolute atomic E-state index is 0.0168. The van der Waals surface area contributed by atoms with Gasteiger partial charge in [0.2, 0.25) is 5.95 Å². The molecular formula is C18H12F3N5. The lowest BCUT2D eigenvalue weighted by molar-refractivity contribution is -0.136. The van der Waals surface area contributed by atoms with Crippen LogP contribution >= 0.6 is 0 Å². The Morgan fingerprint density at radius 1 is 0.962 bits per heavy atom. The molecule has 0 amide bonds. The third-order valence-electron chi connectivity index (χ3n) is 3.40. The number of halogens is 3. The highest BCUT2D eigenvalue weighted by Crippen LogP contribution is 2.35. The van der Waals surface area contributed by atoms with Gasteiger partial charge in [-0.1, -0.05) is 18.2 Å². The maximum Gasteiger partial charge on any atom is 0.418 e. The van der Waals surface area contributed by atoms with Gasteiger partial charge in [-0.25, -0.2) is 4.98 Å². The number of alkyl halides is 3. The summed E-state index contributed by atoms with van der Waals surface area (Å²) in [6.07, 6.45) is -3.07. The topological polar surface area (TPSA) is 73.6 Å². The lowest BCUT2D eigenvalue weighted by Gasteiger charge is -2.14. The van der Waals surface area contributed by atoms with Crippen molar-refractivity contribution in [1.29, 1.82) is 5.26 Å². The average molecular weight is 355 g/mol. The first-order valence-electron chi connectivity index (χ1n) is 7.49. The van der Waals surface area contributed by atoms with E-state index in [1.807, 2.05) is 6.07 Å². The van der Waals surface area contributed by atoms with Crippen molar-refractivity contribution in [2.24, 2.45) is 0 Å². The van der Waals surface area contributed by atoms with Crippen molar-refractivity contribution in [3.8, 4) is 6.07 Å². The Morgan fingerprint density at radius 3 is 2.54 bits per heavy atom. The molecule has 0 aliphatic heterocycles. The number of para-hydroxylation sites is 1. The van der Waals surface area contributed by atoms with Crippen LogP contribution in [0.2, 0.25) is 0 Å². The van der Waals surface area contributed by atoms with Crippen molar-refractivity contribution in [3.05, 3.63) is 71.9 Å². The van der Waals surface area contributed by atoms with Gasteiger partial charge in [0.1, 0.15) is 5.82 Å². The fourth-order valence-electron chi connectivity index (χ4n) is 2.26. The summed E-state index contributed by atoms with van der Waals surface area (Å²) < 4.78 is 39.2. The van der Waals surface area contributed by atoms with E-state index in [9.17, 15) is 13.2 Å². The summed E-state index contributed by atoms with van der Waals surface area (Å²) in [6, 6.07) is 15.4. The van der Waals surface area contributed by atoms with E-state index in [0.29, 0.717) is 17.1 Å². The van der Waals surface area contributed by atoms with Gasteiger partial charge >= 0.3 is 6.18 Å². The monoisotopic (exact) mass is 355 g/mol. The lowest BCUT2D eigenvalue weighted by Crippen LogP contribution is -2.09. The Hall–Kier alpha value is -3.60. The second-order valence-electron chi connectivity index (χ2n) is 5.25.